The van der Waals surface area contributed by atoms with Crippen LogP contribution in [0.1, 0.15) is 29.4 Å². The van der Waals surface area contributed by atoms with Gasteiger partial charge >= 0.3 is 0 Å². The van der Waals surface area contributed by atoms with E-state index in [2.05, 4.69) is 25.9 Å². The largest absolute Gasteiger partial charge is 0.368 e. The fourth-order valence-electron chi connectivity index (χ4n) is 1.86. The monoisotopic (exact) mass is 268 g/mol. The minimum absolute atomic E-state index is 0.142. The molecule has 0 unspecified atom stereocenters. The normalized spacial score (nSPS) is 16.2. The zero-order valence-electron chi connectivity index (χ0n) is 10.3. The molecule has 0 aromatic carbocycles. The Morgan fingerprint density at radius 3 is 2.95 bits per heavy atom. The van der Waals surface area contributed by atoms with E-state index in [4.69, 9.17) is 5.73 Å². The first-order valence-corrected chi connectivity index (χ1v) is 6.00. The molecule has 0 saturated carbocycles. The maximum atomic E-state index is 11.6. The summed E-state index contributed by atoms with van der Waals surface area (Å²) in [5, 5.41) is 11.0. The number of nitrogens with two attached hydrogens (primary N) is 1. The minimum Gasteiger partial charge on any atom is -0.368 e. The maximum Gasteiger partial charge on any atom is 0.297 e. The van der Waals surface area contributed by atoms with E-state index in [0.29, 0.717) is 0 Å². The zero-order chi connectivity index (χ0) is 13.7. The fraction of sp³-hybridized carbons (Fsp3) is 0.600. The third kappa shape index (κ3) is 3.73. The van der Waals surface area contributed by atoms with Gasteiger partial charge in [-0.2, -0.15) is 0 Å². The van der Waals surface area contributed by atoms with Crippen molar-refractivity contribution < 1.29 is 14.4 Å². The molecule has 1 fully saturated rings. The molecule has 1 aliphatic heterocycles. The molecule has 104 valence electrons. The average Bonchev–Trinajstić information content (AvgIpc) is 2.89. The molecule has 0 spiro atoms. The predicted molar refractivity (Wildman–Crippen MR) is 63.8 cm³/mol. The third-order valence-corrected chi connectivity index (χ3v) is 2.81. The van der Waals surface area contributed by atoms with Gasteiger partial charge in [-0.3, -0.25) is 14.4 Å². The molecule has 1 aromatic rings. The lowest BCUT2D eigenvalue weighted by Crippen LogP contribution is -2.30. The van der Waals surface area contributed by atoms with Crippen molar-refractivity contribution in [2.24, 2.45) is 5.73 Å². The molecule has 0 bridgehead atoms. The number of nitrogens with one attached hydrogen (secondary N) is 2. The Balaban J connectivity index is 1.88. The first-order valence-electron chi connectivity index (χ1n) is 6.00. The lowest BCUT2D eigenvalue weighted by Gasteiger charge is -2.21. The van der Waals surface area contributed by atoms with Gasteiger partial charge in [0.25, 0.3) is 5.91 Å². The van der Waals surface area contributed by atoms with Gasteiger partial charge in [0.15, 0.2) is 12.3 Å². The van der Waals surface area contributed by atoms with Crippen LogP contribution in [0.5, 0.6) is 0 Å². The summed E-state index contributed by atoms with van der Waals surface area (Å²) in [6.45, 7) is 1.47. The number of carbonyl (C=O) groups is 2. The Morgan fingerprint density at radius 2 is 2.26 bits per heavy atom. The van der Waals surface area contributed by atoms with Gasteiger partial charge in [-0.15, -0.1) is 5.10 Å². The van der Waals surface area contributed by atoms with Gasteiger partial charge in [0.2, 0.25) is 5.91 Å². The second kappa shape index (κ2) is 6.25. The van der Waals surface area contributed by atoms with E-state index < -0.39 is 11.8 Å². The third-order valence-electron chi connectivity index (χ3n) is 2.81. The van der Waals surface area contributed by atoms with E-state index >= 15 is 0 Å². The molecule has 4 N–H and O–H groups in total. The Kier molecular flexibility index (Phi) is 4.42. The van der Waals surface area contributed by atoms with Crippen molar-refractivity contribution in [1.82, 2.24) is 25.8 Å². The van der Waals surface area contributed by atoms with Crippen molar-refractivity contribution in [2.45, 2.75) is 18.9 Å². The Morgan fingerprint density at radius 1 is 1.53 bits per heavy atom. The van der Waals surface area contributed by atoms with Gasteiger partial charge in [0, 0.05) is 0 Å². The molecule has 2 amide bonds. The molecule has 0 atom stereocenters. The van der Waals surface area contributed by atoms with E-state index in [1.165, 1.54) is 0 Å². The molecule has 2 heterocycles. The van der Waals surface area contributed by atoms with Crippen LogP contribution in [-0.2, 0) is 9.63 Å². The lowest BCUT2D eigenvalue weighted by molar-refractivity contribution is -0.124. The van der Waals surface area contributed by atoms with Crippen LogP contribution in [0.3, 0.4) is 0 Å². The first kappa shape index (κ1) is 13.4. The predicted octanol–water partition coefficient (Wildman–Crippen LogP) is -1.65. The van der Waals surface area contributed by atoms with E-state index in [9.17, 15) is 9.59 Å². The van der Waals surface area contributed by atoms with Crippen LogP contribution in [0, 0.1) is 0 Å². The molecule has 2 rings (SSSR count). The van der Waals surface area contributed by atoms with Crippen LogP contribution in [-0.4, -0.2) is 46.5 Å². The van der Waals surface area contributed by atoms with Gasteiger partial charge in [-0.1, -0.05) is 5.21 Å². The van der Waals surface area contributed by atoms with E-state index in [1.807, 2.05) is 0 Å². The van der Waals surface area contributed by atoms with E-state index in [-0.39, 0.29) is 18.3 Å². The Labute approximate surface area is 109 Å². The van der Waals surface area contributed by atoms with Crippen molar-refractivity contribution in [3.05, 3.63) is 11.9 Å². The fourth-order valence-corrected chi connectivity index (χ4v) is 1.86. The maximum absolute atomic E-state index is 11.6. The summed E-state index contributed by atoms with van der Waals surface area (Å²) in [5.41, 5.74) is 7.09. The second-order valence-electron chi connectivity index (χ2n) is 4.25. The number of primary amides is 1. The van der Waals surface area contributed by atoms with Crippen molar-refractivity contribution in [1.29, 1.82) is 0 Å². The summed E-state index contributed by atoms with van der Waals surface area (Å²) in [7, 11) is 0. The minimum atomic E-state index is -0.668. The lowest BCUT2D eigenvalue weighted by atomic mass is 10.1. The number of hydrogen-bond donors (Lipinski definition) is 3. The number of carbonyl (C=O) groups excluding carboxylic acids is 2. The summed E-state index contributed by atoms with van der Waals surface area (Å²) >= 11 is 0. The van der Waals surface area contributed by atoms with Crippen LogP contribution >= 0.6 is 0 Å². The highest BCUT2D eigenvalue weighted by Gasteiger charge is 2.18. The molecular weight excluding hydrogens is 252 g/mol. The van der Waals surface area contributed by atoms with E-state index in [0.717, 1.165) is 25.9 Å². The number of nitrogens with zero attached hydrogens (tertiary/aromatic N) is 3. The summed E-state index contributed by atoms with van der Waals surface area (Å²) in [6.07, 6.45) is 3.46. The highest BCUT2D eigenvalue weighted by Crippen LogP contribution is 2.16. The molecule has 19 heavy (non-hydrogen) atoms. The highest BCUT2D eigenvalue weighted by molar-refractivity contribution is 5.91. The smallest absolute Gasteiger partial charge is 0.297 e. The van der Waals surface area contributed by atoms with Crippen LogP contribution in [0.2, 0.25) is 0 Å². The summed E-state index contributed by atoms with van der Waals surface area (Å²) < 4.78 is 1.68. The van der Waals surface area contributed by atoms with Crippen LogP contribution < -0.4 is 16.5 Å². The number of amides is 2. The summed E-state index contributed by atoms with van der Waals surface area (Å²) in [5.74, 6) is -1.22. The Hall–Kier alpha value is -2.00. The topological polar surface area (TPSA) is 124 Å². The van der Waals surface area contributed by atoms with Gasteiger partial charge in [0.1, 0.15) is 0 Å². The Bertz CT molecular complexity index is 454. The molecule has 1 aromatic heterocycles. The van der Waals surface area contributed by atoms with Crippen molar-refractivity contribution in [3.8, 4) is 0 Å². The quantitative estimate of drug-likeness (QED) is 0.549. The van der Waals surface area contributed by atoms with Crippen molar-refractivity contribution >= 4 is 11.8 Å². The van der Waals surface area contributed by atoms with Crippen LogP contribution in [0.4, 0.5) is 0 Å². The van der Waals surface area contributed by atoms with Gasteiger partial charge in [-0.25, -0.2) is 10.2 Å². The molecule has 9 heteroatoms. The number of hydroxylamine groups is 1. The van der Waals surface area contributed by atoms with Gasteiger partial charge in [-0.05, 0) is 25.9 Å². The van der Waals surface area contributed by atoms with Gasteiger partial charge < -0.3 is 11.1 Å². The number of rotatable bonds is 5. The summed E-state index contributed by atoms with van der Waals surface area (Å²) in [4.78, 5) is 26.6. The molecule has 0 radical (unpaired) electrons. The van der Waals surface area contributed by atoms with Crippen LogP contribution in [0.15, 0.2) is 6.20 Å². The van der Waals surface area contributed by atoms with E-state index in [1.54, 1.807) is 10.9 Å². The highest BCUT2D eigenvalue weighted by atomic mass is 16.7. The first-order chi connectivity index (χ1) is 9.16. The molecule has 9 nitrogen and oxygen atoms in total. The summed E-state index contributed by atoms with van der Waals surface area (Å²) in [6, 6.07) is 0.252. The SMILES string of the molecule is NC(=O)CONC(=O)c1cn(C2CCNCC2)nn1. The molecule has 0 aliphatic carbocycles. The van der Waals surface area contributed by atoms with Gasteiger partial charge in [0.05, 0.1) is 12.2 Å². The number of piperidine rings is 1. The number of aromatic nitrogens is 3. The average molecular weight is 268 g/mol. The number of hydrogen-bond acceptors (Lipinski definition) is 6. The van der Waals surface area contributed by atoms with Crippen molar-refractivity contribution in [2.75, 3.05) is 19.7 Å². The standard InChI is InChI=1S/C10H16N6O3/c11-9(17)6-19-14-10(18)8-5-16(15-13-8)7-1-3-12-4-2-7/h5,7,12H,1-4,6H2,(H2,11,17)(H,14,18). The molecule has 1 aliphatic rings. The van der Waals surface area contributed by atoms with Crippen LogP contribution in [0.25, 0.3) is 0 Å². The zero-order valence-corrected chi connectivity index (χ0v) is 10.3. The van der Waals surface area contributed by atoms with Crippen molar-refractivity contribution in [3.63, 3.8) is 0 Å². The molecule has 1 saturated heterocycles. The molecular formula is C10H16N6O3. The second-order valence-corrected chi connectivity index (χ2v) is 4.25.